The highest BCUT2D eigenvalue weighted by molar-refractivity contribution is 7.67. The Morgan fingerprint density at radius 3 is 2.18 bits per heavy atom. The molecule has 0 N–H and O–H groups in total. The number of rotatable bonds is 7. The monoisotopic (exact) mass is 792 g/mol. The van der Waals surface area contributed by atoms with Crippen LogP contribution in [0.2, 0.25) is 0 Å². The van der Waals surface area contributed by atoms with Crippen LogP contribution in [0.3, 0.4) is 0 Å². The summed E-state index contributed by atoms with van der Waals surface area (Å²) in [6.07, 6.45) is 10.7. The smallest absolute Gasteiger partial charge is 0.197 e. The summed E-state index contributed by atoms with van der Waals surface area (Å²) in [4.78, 5) is 0. The summed E-state index contributed by atoms with van der Waals surface area (Å²) in [5.41, 5.74) is 12.4. The first kappa shape index (κ1) is 36.7. The van der Waals surface area contributed by atoms with Crippen molar-refractivity contribution in [3.63, 3.8) is 0 Å². The summed E-state index contributed by atoms with van der Waals surface area (Å²) in [6, 6.07) is 57.6. The summed E-state index contributed by atoms with van der Waals surface area (Å²) >= 11 is 0. The maximum atomic E-state index is 4.29. The Kier molecular flexibility index (Phi) is 8.49. The van der Waals surface area contributed by atoms with E-state index in [2.05, 4.69) is 207 Å². The fourth-order valence-electron chi connectivity index (χ4n) is 11.8. The van der Waals surface area contributed by atoms with E-state index in [0.717, 1.165) is 30.5 Å². The highest BCUT2D eigenvalue weighted by Gasteiger charge is 2.66. The van der Waals surface area contributed by atoms with Crippen LogP contribution in [-0.2, 0) is 17.5 Å². The van der Waals surface area contributed by atoms with Crippen molar-refractivity contribution >= 4 is 51.5 Å². The van der Waals surface area contributed by atoms with E-state index in [1.165, 1.54) is 81.9 Å². The number of pyridine rings is 2. The maximum absolute atomic E-state index is 4.29. The van der Waals surface area contributed by atoms with Crippen LogP contribution in [0.4, 0.5) is 0 Å². The van der Waals surface area contributed by atoms with Crippen molar-refractivity contribution in [1.82, 2.24) is 0 Å². The predicted molar refractivity (Wildman–Crippen MR) is 255 cm³/mol. The standard InChI is InChI=1S/C57H49N2P/c1-6-38-31-33-58-37-51(45-23-15-16-25-48(45)54(58)43(38)7-2)57(9-4)56(5,8-3)50-30-28-42(36-49(50)55-44-22-14-13-21-40(44)32-34-59(55)57)60-52-26-18-17-24-46(52)47-29-27-41(35-53(47)60)39-19-11-10-12-20-39/h6-7,10-36,51H,1-2,8-9,37H2,3-5H3/q+2. The molecule has 3 heteroatoms. The van der Waals surface area contributed by atoms with Gasteiger partial charge in [0.15, 0.2) is 24.5 Å². The van der Waals surface area contributed by atoms with Crippen LogP contribution < -0.4 is 9.13 Å². The molecule has 9 aromatic rings. The fourth-order valence-corrected chi connectivity index (χ4v) is 14.4. The quantitative estimate of drug-likeness (QED) is 0.142. The lowest BCUT2D eigenvalue weighted by Crippen LogP contribution is -2.73. The van der Waals surface area contributed by atoms with Gasteiger partial charge >= 0.3 is 0 Å². The van der Waals surface area contributed by atoms with Gasteiger partial charge in [-0.05, 0) is 86.9 Å². The summed E-state index contributed by atoms with van der Waals surface area (Å²) in [5.74, 6) is 0.181. The van der Waals surface area contributed by atoms with Crippen molar-refractivity contribution < 1.29 is 9.13 Å². The third kappa shape index (κ3) is 4.95. The first-order chi connectivity index (χ1) is 29.4. The molecule has 11 rings (SSSR count). The van der Waals surface area contributed by atoms with E-state index in [-0.39, 0.29) is 16.9 Å². The molecule has 0 saturated carbocycles. The van der Waals surface area contributed by atoms with Gasteiger partial charge in [0, 0.05) is 28.8 Å². The second-order valence-electron chi connectivity index (χ2n) is 17.0. The third-order valence-corrected chi connectivity index (χ3v) is 17.2. The Morgan fingerprint density at radius 1 is 0.633 bits per heavy atom. The van der Waals surface area contributed by atoms with Gasteiger partial charge in [0.2, 0.25) is 11.4 Å². The van der Waals surface area contributed by atoms with Gasteiger partial charge in [0.05, 0.1) is 27.5 Å². The molecule has 3 aromatic heterocycles. The van der Waals surface area contributed by atoms with E-state index >= 15 is 0 Å². The second-order valence-corrected chi connectivity index (χ2v) is 19.2. The second kappa shape index (κ2) is 13.9. The first-order valence-electron chi connectivity index (χ1n) is 21.5. The average Bonchev–Trinajstić information content (AvgIpc) is 3.64. The largest absolute Gasteiger partial charge is 0.221 e. The summed E-state index contributed by atoms with van der Waals surface area (Å²) < 4.78 is 5.27. The Labute approximate surface area is 354 Å². The first-order valence-corrected chi connectivity index (χ1v) is 22.9. The normalized spacial score (nSPS) is 19.4. The zero-order valence-electron chi connectivity index (χ0n) is 34.7. The van der Waals surface area contributed by atoms with Crippen molar-refractivity contribution in [2.75, 3.05) is 0 Å². The van der Waals surface area contributed by atoms with E-state index in [1.807, 2.05) is 12.2 Å². The van der Waals surface area contributed by atoms with Gasteiger partial charge in [-0.15, -0.1) is 0 Å². The lowest BCUT2D eigenvalue weighted by molar-refractivity contribution is -0.786. The SMILES string of the molecule is C=Cc1cc[n+]2c(c1C=C)-c1ccccc1C(C1(CC)[n+]3ccc4ccccc4c3-c3cc(-p4c5ccccc5c5ccc(-c6ccccc6)cc54)ccc3C1(C)CC)C2. The van der Waals surface area contributed by atoms with Crippen molar-refractivity contribution in [3.05, 3.63) is 199 Å². The van der Waals surface area contributed by atoms with Gasteiger partial charge in [-0.2, -0.15) is 9.13 Å². The van der Waals surface area contributed by atoms with Gasteiger partial charge in [-0.3, -0.25) is 0 Å². The highest BCUT2D eigenvalue weighted by Crippen LogP contribution is 2.61. The van der Waals surface area contributed by atoms with E-state index in [0.29, 0.717) is 0 Å². The Bertz CT molecular complexity index is 3230. The maximum Gasteiger partial charge on any atom is 0.221 e. The van der Waals surface area contributed by atoms with Gasteiger partial charge < -0.3 is 0 Å². The van der Waals surface area contributed by atoms with E-state index in [1.54, 1.807) is 0 Å². The highest BCUT2D eigenvalue weighted by atomic mass is 31.1. The molecule has 5 heterocycles. The van der Waals surface area contributed by atoms with Crippen LogP contribution >= 0.6 is 7.53 Å². The number of nitrogens with zero attached hydrogens (tertiary/aromatic N) is 2. The molecule has 4 unspecified atom stereocenters. The van der Waals surface area contributed by atoms with Crippen LogP contribution in [-0.4, -0.2) is 0 Å². The Balaban J connectivity index is 1.20. The molecular weight excluding hydrogens is 744 g/mol. The molecule has 0 fully saturated rings. The minimum atomic E-state index is -0.802. The van der Waals surface area contributed by atoms with Gasteiger partial charge in [-0.1, -0.05) is 162 Å². The summed E-state index contributed by atoms with van der Waals surface area (Å²) in [7, 11) is -0.802. The molecule has 0 saturated heterocycles. The molecule has 60 heavy (non-hydrogen) atoms. The van der Waals surface area contributed by atoms with Gasteiger partial charge in [0.1, 0.15) is 5.92 Å². The topological polar surface area (TPSA) is 7.76 Å². The molecule has 2 aliphatic rings. The van der Waals surface area contributed by atoms with Crippen molar-refractivity contribution in [2.24, 2.45) is 0 Å². The molecule has 4 atom stereocenters. The minimum Gasteiger partial charge on any atom is -0.197 e. The molecule has 6 aromatic carbocycles. The molecule has 0 bridgehead atoms. The van der Waals surface area contributed by atoms with Crippen molar-refractivity contribution in [1.29, 1.82) is 0 Å². The number of hydrogen-bond donors (Lipinski definition) is 0. The predicted octanol–water partition coefficient (Wildman–Crippen LogP) is 14.6. The third-order valence-electron chi connectivity index (χ3n) is 14.6. The van der Waals surface area contributed by atoms with Gasteiger partial charge in [-0.25, -0.2) is 0 Å². The van der Waals surface area contributed by atoms with Crippen LogP contribution in [0.1, 0.15) is 61.8 Å². The average molecular weight is 793 g/mol. The molecule has 2 aliphatic heterocycles. The van der Waals surface area contributed by atoms with E-state index in [4.69, 9.17) is 0 Å². The van der Waals surface area contributed by atoms with E-state index < -0.39 is 7.53 Å². The van der Waals surface area contributed by atoms with Crippen LogP contribution in [0, 0.1) is 0 Å². The molecule has 0 radical (unpaired) electrons. The molecule has 0 aliphatic carbocycles. The van der Waals surface area contributed by atoms with Crippen LogP contribution in [0.5, 0.6) is 0 Å². The van der Waals surface area contributed by atoms with Crippen molar-refractivity contribution in [3.8, 4) is 38.9 Å². The summed E-state index contributed by atoms with van der Waals surface area (Å²) in [5, 5.41) is 9.62. The number of benzene rings is 6. The Hall–Kier alpha value is -6.34. The number of aromatic nitrogens is 2. The minimum absolute atomic E-state index is 0.181. The lowest BCUT2D eigenvalue weighted by Gasteiger charge is -2.51. The van der Waals surface area contributed by atoms with Gasteiger partial charge in [0.25, 0.3) is 0 Å². The van der Waals surface area contributed by atoms with Crippen molar-refractivity contribution in [2.45, 2.75) is 57.0 Å². The number of fused-ring (bicyclic) bond motifs is 11. The molecule has 2 nitrogen and oxygen atoms in total. The number of hydrogen-bond acceptors (Lipinski definition) is 0. The molecule has 0 spiro atoms. The molecule has 0 amide bonds. The molecular formula is C57H49N2P+2. The lowest BCUT2D eigenvalue weighted by atomic mass is 9.53. The fraction of sp³-hybridized carbons (Fsp3) is 0.158. The van der Waals surface area contributed by atoms with Crippen LogP contribution in [0.15, 0.2) is 177 Å². The zero-order chi connectivity index (χ0) is 40.8. The Morgan fingerprint density at radius 2 is 1.38 bits per heavy atom. The van der Waals surface area contributed by atoms with E-state index in [9.17, 15) is 0 Å². The zero-order valence-corrected chi connectivity index (χ0v) is 35.6. The summed E-state index contributed by atoms with van der Waals surface area (Å²) in [6.45, 7) is 16.8. The molecule has 290 valence electrons. The van der Waals surface area contributed by atoms with Crippen LogP contribution in [0.25, 0.3) is 82.9 Å².